The molecule has 1 saturated carbocycles. The molecule has 0 atom stereocenters. The molecule has 3 aromatic carbocycles. The van der Waals surface area contributed by atoms with E-state index in [-0.39, 0.29) is 23.0 Å². The maximum atomic E-state index is 10.8. The highest BCUT2D eigenvalue weighted by atomic mass is 16.3. The highest BCUT2D eigenvalue weighted by Gasteiger charge is 2.38. The SMILES string of the molecule is Cc1cc(C(C)(c2ccc(O)cc2O)c2ccc(O)cc2O)c(C)cc1C1CCCCC1. The van der Waals surface area contributed by atoms with Gasteiger partial charge in [-0.05, 0) is 73.9 Å². The van der Waals surface area contributed by atoms with Crippen molar-refractivity contribution in [3.8, 4) is 23.0 Å². The first-order valence-electron chi connectivity index (χ1n) is 11.4. The Kier molecular flexibility index (Phi) is 5.81. The van der Waals surface area contributed by atoms with Crippen LogP contribution in [0, 0.1) is 13.8 Å². The first-order chi connectivity index (χ1) is 15.2. The molecule has 1 fully saturated rings. The summed E-state index contributed by atoms with van der Waals surface area (Å²) >= 11 is 0. The van der Waals surface area contributed by atoms with Gasteiger partial charge in [-0.2, -0.15) is 0 Å². The third-order valence-electron chi connectivity index (χ3n) is 7.24. The Morgan fingerprint density at radius 1 is 0.656 bits per heavy atom. The van der Waals surface area contributed by atoms with Crippen LogP contribution in [0.5, 0.6) is 23.0 Å². The van der Waals surface area contributed by atoms with Crippen LogP contribution in [0.2, 0.25) is 0 Å². The maximum Gasteiger partial charge on any atom is 0.123 e. The van der Waals surface area contributed by atoms with E-state index in [1.165, 1.54) is 55.4 Å². The number of hydrogen-bond donors (Lipinski definition) is 4. The Bertz CT molecular complexity index is 1090. The van der Waals surface area contributed by atoms with E-state index >= 15 is 0 Å². The Morgan fingerprint density at radius 2 is 1.19 bits per heavy atom. The zero-order chi connectivity index (χ0) is 23.0. The molecular weight excluding hydrogens is 400 g/mol. The smallest absolute Gasteiger partial charge is 0.123 e. The Balaban J connectivity index is 1.95. The molecule has 4 rings (SSSR count). The first kappa shape index (κ1) is 22.1. The van der Waals surface area contributed by atoms with Crippen LogP contribution in [0.25, 0.3) is 0 Å². The summed E-state index contributed by atoms with van der Waals surface area (Å²) in [5, 5.41) is 41.4. The first-order valence-corrected chi connectivity index (χ1v) is 11.4. The van der Waals surface area contributed by atoms with E-state index in [1.807, 2.05) is 6.92 Å². The molecule has 0 aromatic heterocycles. The number of hydrogen-bond acceptors (Lipinski definition) is 4. The van der Waals surface area contributed by atoms with Crippen molar-refractivity contribution in [1.29, 1.82) is 0 Å². The largest absolute Gasteiger partial charge is 0.508 e. The molecule has 4 N–H and O–H groups in total. The second-order valence-electron chi connectivity index (χ2n) is 9.39. The lowest BCUT2D eigenvalue weighted by Gasteiger charge is -2.35. The van der Waals surface area contributed by atoms with Crippen LogP contribution in [0.15, 0.2) is 48.5 Å². The van der Waals surface area contributed by atoms with E-state index in [1.54, 1.807) is 24.3 Å². The fourth-order valence-corrected chi connectivity index (χ4v) is 5.55. The van der Waals surface area contributed by atoms with Crippen LogP contribution in [0.1, 0.15) is 78.3 Å². The summed E-state index contributed by atoms with van der Waals surface area (Å²) in [6.07, 6.45) is 6.28. The lowest BCUT2D eigenvalue weighted by Crippen LogP contribution is -2.27. The molecule has 0 radical (unpaired) electrons. The molecule has 4 nitrogen and oxygen atoms in total. The molecule has 0 bridgehead atoms. The van der Waals surface area contributed by atoms with E-state index in [9.17, 15) is 20.4 Å². The molecule has 0 heterocycles. The average molecular weight is 433 g/mol. The summed E-state index contributed by atoms with van der Waals surface area (Å²) in [5.41, 5.74) is 4.89. The van der Waals surface area contributed by atoms with Crippen molar-refractivity contribution < 1.29 is 20.4 Å². The van der Waals surface area contributed by atoms with Gasteiger partial charge in [0.25, 0.3) is 0 Å². The summed E-state index contributed by atoms with van der Waals surface area (Å²) in [6.45, 7) is 6.18. The van der Waals surface area contributed by atoms with Crippen LogP contribution in [-0.4, -0.2) is 20.4 Å². The molecule has 32 heavy (non-hydrogen) atoms. The van der Waals surface area contributed by atoms with E-state index in [4.69, 9.17) is 0 Å². The number of phenolic OH excluding ortho intramolecular Hbond substituents is 4. The van der Waals surface area contributed by atoms with Crippen LogP contribution in [0.3, 0.4) is 0 Å². The van der Waals surface area contributed by atoms with E-state index < -0.39 is 5.41 Å². The third kappa shape index (κ3) is 3.79. The minimum absolute atomic E-state index is 0.0240. The van der Waals surface area contributed by atoms with E-state index in [0.717, 1.165) is 11.1 Å². The van der Waals surface area contributed by atoms with Crippen LogP contribution < -0.4 is 0 Å². The Hall–Kier alpha value is -3.14. The highest BCUT2D eigenvalue weighted by Crippen LogP contribution is 2.49. The third-order valence-corrected chi connectivity index (χ3v) is 7.24. The molecule has 168 valence electrons. The highest BCUT2D eigenvalue weighted by molar-refractivity contribution is 5.62. The lowest BCUT2D eigenvalue weighted by atomic mass is 9.68. The van der Waals surface area contributed by atoms with Gasteiger partial charge in [0.15, 0.2) is 0 Å². The second kappa shape index (κ2) is 8.42. The Morgan fingerprint density at radius 3 is 1.69 bits per heavy atom. The van der Waals surface area contributed by atoms with Gasteiger partial charge in [-0.25, -0.2) is 0 Å². The van der Waals surface area contributed by atoms with Gasteiger partial charge >= 0.3 is 0 Å². The summed E-state index contributed by atoms with van der Waals surface area (Å²) in [4.78, 5) is 0. The normalized spacial score (nSPS) is 15.1. The van der Waals surface area contributed by atoms with Crippen LogP contribution in [0.4, 0.5) is 0 Å². The summed E-state index contributed by atoms with van der Waals surface area (Å²) in [5.74, 6) is 0.432. The van der Waals surface area contributed by atoms with Crippen molar-refractivity contribution in [3.63, 3.8) is 0 Å². The maximum absolute atomic E-state index is 10.8. The van der Waals surface area contributed by atoms with Gasteiger partial charge in [0.1, 0.15) is 23.0 Å². The molecule has 4 heteroatoms. The van der Waals surface area contributed by atoms with Gasteiger partial charge in [-0.1, -0.05) is 43.5 Å². The van der Waals surface area contributed by atoms with Gasteiger partial charge in [0.2, 0.25) is 0 Å². The number of benzene rings is 3. The van der Waals surface area contributed by atoms with E-state index in [2.05, 4.69) is 26.0 Å². The molecule has 0 unspecified atom stereocenters. The number of aromatic hydroxyl groups is 4. The second-order valence-corrected chi connectivity index (χ2v) is 9.39. The zero-order valence-corrected chi connectivity index (χ0v) is 19.0. The van der Waals surface area contributed by atoms with Gasteiger partial charge in [-0.15, -0.1) is 0 Å². The fourth-order valence-electron chi connectivity index (χ4n) is 5.55. The number of phenols is 4. The summed E-state index contributed by atoms with van der Waals surface area (Å²) in [7, 11) is 0. The topological polar surface area (TPSA) is 80.9 Å². The van der Waals surface area contributed by atoms with Crippen LogP contribution >= 0.6 is 0 Å². The monoisotopic (exact) mass is 432 g/mol. The van der Waals surface area contributed by atoms with Gasteiger partial charge < -0.3 is 20.4 Å². The van der Waals surface area contributed by atoms with Crippen molar-refractivity contribution in [3.05, 3.63) is 81.9 Å². The number of aryl methyl sites for hydroxylation is 2. The molecule has 1 aliphatic rings. The van der Waals surface area contributed by atoms with Crippen molar-refractivity contribution >= 4 is 0 Å². The molecule has 3 aromatic rings. The van der Waals surface area contributed by atoms with Gasteiger partial charge in [0.05, 0.1) is 0 Å². The standard InChI is InChI=1S/C28H32O4/c1-17-14-25(18(2)13-22(17)19-7-5-4-6-8-19)28(3,23-11-9-20(29)15-26(23)31)24-12-10-21(30)16-27(24)32/h9-16,19,29-32H,4-8H2,1-3H3. The lowest BCUT2D eigenvalue weighted by molar-refractivity contribution is 0.427. The van der Waals surface area contributed by atoms with Crippen molar-refractivity contribution in [2.24, 2.45) is 0 Å². The minimum atomic E-state index is -0.907. The fraction of sp³-hybridized carbons (Fsp3) is 0.357. The Labute approximate surface area is 189 Å². The molecule has 0 saturated heterocycles. The molecular formula is C28H32O4. The minimum Gasteiger partial charge on any atom is -0.508 e. The van der Waals surface area contributed by atoms with Crippen molar-refractivity contribution in [2.75, 3.05) is 0 Å². The van der Waals surface area contributed by atoms with Crippen LogP contribution in [-0.2, 0) is 5.41 Å². The predicted octanol–water partition coefficient (Wildman–Crippen LogP) is 6.53. The summed E-state index contributed by atoms with van der Waals surface area (Å²) < 4.78 is 0. The summed E-state index contributed by atoms with van der Waals surface area (Å²) in [6, 6.07) is 13.6. The van der Waals surface area contributed by atoms with Crippen molar-refractivity contribution in [1.82, 2.24) is 0 Å². The van der Waals surface area contributed by atoms with E-state index in [0.29, 0.717) is 17.0 Å². The average Bonchev–Trinajstić information content (AvgIpc) is 2.75. The molecule has 0 spiro atoms. The number of rotatable bonds is 4. The van der Waals surface area contributed by atoms with Gasteiger partial charge in [0, 0.05) is 28.7 Å². The zero-order valence-electron chi connectivity index (χ0n) is 19.0. The predicted molar refractivity (Wildman–Crippen MR) is 127 cm³/mol. The van der Waals surface area contributed by atoms with Gasteiger partial charge in [-0.3, -0.25) is 0 Å². The molecule has 0 amide bonds. The quantitative estimate of drug-likeness (QED) is 0.353. The van der Waals surface area contributed by atoms with Crippen molar-refractivity contribution in [2.45, 2.75) is 64.2 Å². The molecule has 0 aliphatic heterocycles. The molecule has 1 aliphatic carbocycles.